The molecule has 0 unspecified atom stereocenters. The van der Waals surface area contributed by atoms with Crippen LogP contribution in [-0.2, 0) is 19.1 Å². The van der Waals surface area contributed by atoms with E-state index in [1.165, 1.54) is 0 Å². The summed E-state index contributed by atoms with van der Waals surface area (Å²) in [5, 5.41) is 19.5. The Morgan fingerprint density at radius 1 is 1.22 bits per heavy atom. The maximum absolute atomic E-state index is 11.4. The minimum absolute atomic E-state index is 0.161. The van der Waals surface area contributed by atoms with E-state index in [0.717, 1.165) is 0 Å². The minimum Gasteiger partial charge on any atom is -0.481 e. The van der Waals surface area contributed by atoms with Crippen molar-refractivity contribution < 1.29 is 29.3 Å². The summed E-state index contributed by atoms with van der Waals surface area (Å²) in [5.74, 6) is -2.95. The molecule has 0 saturated heterocycles. The zero-order valence-electron chi connectivity index (χ0n) is 10.7. The number of aliphatic carboxylic acids is 2. The highest BCUT2D eigenvalue weighted by molar-refractivity contribution is 5.84. The van der Waals surface area contributed by atoms with Crippen LogP contribution in [0, 0.1) is 0 Å². The van der Waals surface area contributed by atoms with E-state index < -0.39 is 29.5 Å². The highest BCUT2D eigenvalue weighted by Crippen LogP contribution is 2.06. The van der Waals surface area contributed by atoms with Gasteiger partial charge in [-0.2, -0.15) is 0 Å². The van der Waals surface area contributed by atoms with Gasteiger partial charge in [-0.3, -0.25) is 9.59 Å². The highest BCUT2D eigenvalue weighted by Gasteiger charge is 2.22. The molecule has 0 rings (SSSR count). The normalized spacial score (nSPS) is 12.8. The molecule has 0 aliphatic heterocycles. The summed E-state index contributed by atoms with van der Waals surface area (Å²) in [5.41, 5.74) is -0.503. The van der Waals surface area contributed by atoms with Crippen LogP contribution in [-0.4, -0.2) is 46.3 Å². The van der Waals surface area contributed by atoms with Crippen molar-refractivity contribution >= 4 is 17.8 Å². The van der Waals surface area contributed by atoms with Crippen molar-refractivity contribution in [1.82, 2.24) is 5.32 Å². The summed E-state index contributed by atoms with van der Waals surface area (Å²) < 4.78 is 5.18. The number of ether oxygens (including phenoxy) is 1. The van der Waals surface area contributed by atoms with E-state index in [4.69, 9.17) is 14.9 Å². The Morgan fingerprint density at radius 2 is 1.78 bits per heavy atom. The van der Waals surface area contributed by atoms with E-state index >= 15 is 0 Å². The summed E-state index contributed by atoms with van der Waals surface area (Å²) in [7, 11) is 0. The molecule has 0 spiro atoms. The standard InChI is InChI=1S/C11H19NO6/c1-11(2,3)18-6-8(13)12-7(10(16)17)4-5-9(14)15/h7H,4-6H2,1-3H3,(H,12,13)(H,14,15)(H,16,17)/t7-/m0/s1. The second-order valence-corrected chi connectivity index (χ2v) is 4.79. The van der Waals surface area contributed by atoms with Gasteiger partial charge in [0, 0.05) is 6.42 Å². The molecule has 18 heavy (non-hydrogen) atoms. The Kier molecular flexibility index (Phi) is 6.32. The van der Waals surface area contributed by atoms with Crippen molar-refractivity contribution in [3.8, 4) is 0 Å². The van der Waals surface area contributed by atoms with Crippen LogP contribution >= 0.6 is 0 Å². The molecular weight excluding hydrogens is 242 g/mol. The lowest BCUT2D eigenvalue weighted by Crippen LogP contribution is -2.43. The van der Waals surface area contributed by atoms with E-state index in [1.54, 1.807) is 20.8 Å². The number of carbonyl (C=O) groups excluding carboxylic acids is 1. The van der Waals surface area contributed by atoms with Crippen molar-refractivity contribution in [2.24, 2.45) is 0 Å². The Hall–Kier alpha value is -1.63. The van der Waals surface area contributed by atoms with Crippen LogP contribution in [0.3, 0.4) is 0 Å². The third-order valence-electron chi connectivity index (χ3n) is 1.92. The molecule has 0 aromatic rings. The predicted molar refractivity (Wildman–Crippen MR) is 62.1 cm³/mol. The first-order chi connectivity index (χ1) is 8.11. The fourth-order valence-electron chi connectivity index (χ4n) is 1.04. The molecule has 0 saturated carbocycles. The smallest absolute Gasteiger partial charge is 0.326 e. The van der Waals surface area contributed by atoms with Gasteiger partial charge < -0.3 is 20.3 Å². The van der Waals surface area contributed by atoms with Crippen LogP contribution in [0.2, 0.25) is 0 Å². The van der Waals surface area contributed by atoms with Crippen molar-refractivity contribution in [3.63, 3.8) is 0 Å². The lowest BCUT2D eigenvalue weighted by Gasteiger charge is -2.20. The molecule has 0 aromatic heterocycles. The fraction of sp³-hybridized carbons (Fsp3) is 0.727. The van der Waals surface area contributed by atoms with Gasteiger partial charge in [0.15, 0.2) is 0 Å². The monoisotopic (exact) mass is 261 g/mol. The van der Waals surface area contributed by atoms with Crippen molar-refractivity contribution in [2.75, 3.05) is 6.61 Å². The summed E-state index contributed by atoms with van der Waals surface area (Å²) in [6, 6.07) is -1.21. The molecule has 0 fully saturated rings. The Labute approximate surface area is 105 Å². The molecule has 104 valence electrons. The maximum atomic E-state index is 11.4. The van der Waals surface area contributed by atoms with Crippen LogP contribution in [0.1, 0.15) is 33.6 Å². The van der Waals surface area contributed by atoms with Gasteiger partial charge in [-0.1, -0.05) is 0 Å². The van der Waals surface area contributed by atoms with Gasteiger partial charge in [-0.05, 0) is 27.2 Å². The van der Waals surface area contributed by atoms with Gasteiger partial charge in [0.2, 0.25) is 5.91 Å². The van der Waals surface area contributed by atoms with E-state index in [0.29, 0.717) is 0 Å². The fourth-order valence-corrected chi connectivity index (χ4v) is 1.04. The van der Waals surface area contributed by atoms with Crippen LogP contribution in [0.25, 0.3) is 0 Å². The number of hydrogen-bond donors (Lipinski definition) is 3. The van der Waals surface area contributed by atoms with Gasteiger partial charge in [0.1, 0.15) is 12.6 Å². The van der Waals surface area contributed by atoms with Crippen molar-refractivity contribution in [3.05, 3.63) is 0 Å². The second kappa shape index (κ2) is 6.95. The van der Waals surface area contributed by atoms with E-state index in [9.17, 15) is 14.4 Å². The number of rotatable bonds is 7. The zero-order chi connectivity index (χ0) is 14.3. The Bertz CT molecular complexity index is 320. The van der Waals surface area contributed by atoms with Gasteiger partial charge in [0.25, 0.3) is 0 Å². The molecular formula is C11H19NO6. The SMILES string of the molecule is CC(C)(C)OCC(=O)N[C@@H](CCC(=O)O)C(=O)O. The van der Waals surface area contributed by atoms with Crippen LogP contribution in [0.5, 0.6) is 0 Å². The highest BCUT2D eigenvalue weighted by atomic mass is 16.5. The second-order valence-electron chi connectivity index (χ2n) is 4.79. The first kappa shape index (κ1) is 16.4. The van der Waals surface area contributed by atoms with E-state index in [2.05, 4.69) is 5.32 Å². The quantitative estimate of drug-likeness (QED) is 0.605. The molecule has 0 aliphatic rings. The van der Waals surface area contributed by atoms with E-state index in [1.807, 2.05) is 0 Å². The van der Waals surface area contributed by atoms with Crippen LogP contribution in [0.15, 0.2) is 0 Å². The topological polar surface area (TPSA) is 113 Å². The lowest BCUT2D eigenvalue weighted by atomic mass is 10.1. The molecule has 0 aliphatic carbocycles. The largest absolute Gasteiger partial charge is 0.481 e. The lowest BCUT2D eigenvalue weighted by molar-refractivity contribution is -0.144. The third-order valence-corrected chi connectivity index (χ3v) is 1.92. The molecule has 1 amide bonds. The molecule has 0 radical (unpaired) electrons. The number of carbonyl (C=O) groups is 3. The average molecular weight is 261 g/mol. The summed E-state index contributed by atoms with van der Waals surface area (Å²) in [6.07, 6.45) is -0.483. The summed E-state index contributed by atoms with van der Waals surface area (Å²) >= 11 is 0. The molecule has 3 N–H and O–H groups in total. The zero-order valence-corrected chi connectivity index (χ0v) is 10.7. The third kappa shape index (κ3) is 8.51. The molecule has 7 nitrogen and oxygen atoms in total. The molecule has 0 heterocycles. The first-order valence-electron chi connectivity index (χ1n) is 5.50. The van der Waals surface area contributed by atoms with Crippen molar-refractivity contribution in [1.29, 1.82) is 0 Å². The number of amides is 1. The van der Waals surface area contributed by atoms with Crippen LogP contribution in [0.4, 0.5) is 0 Å². The Balaban J connectivity index is 4.20. The predicted octanol–water partition coefficient (Wildman–Crippen LogP) is 0.236. The summed E-state index contributed by atoms with van der Waals surface area (Å²) in [4.78, 5) is 32.5. The molecule has 7 heteroatoms. The van der Waals surface area contributed by atoms with Gasteiger partial charge >= 0.3 is 11.9 Å². The number of nitrogens with one attached hydrogen (secondary N) is 1. The van der Waals surface area contributed by atoms with Gasteiger partial charge in [-0.25, -0.2) is 4.79 Å². The molecule has 0 bridgehead atoms. The molecule has 0 aromatic carbocycles. The van der Waals surface area contributed by atoms with E-state index in [-0.39, 0.29) is 19.4 Å². The Morgan fingerprint density at radius 3 is 2.17 bits per heavy atom. The minimum atomic E-state index is -1.26. The van der Waals surface area contributed by atoms with Gasteiger partial charge in [0.05, 0.1) is 5.60 Å². The average Bonchev–Trinajstić information content (AvgIpc) is 2.19. The van der Waals surface area contributed by atoms with Gasteiger partial charge in [-0.15, -0.1) is 0 Å². The summed E-state index contributed by atoms with van der Waals surface area (Å²) in [6.45, 7) is 5.03. The van der Waals surface area contributed by atoms with Crippen molar-refractivity contribution in [2.45, 2.75) is 45.3 Å². The molecule has 1 atom stereocenters. The first-order valence-corrected chi connectivity index (χ1v) is 5.50. The maximum Gasteiger partial charge on any atom is 0.326 e. The number of hydrogen-bond acceptors (Lipinski definition) is 4. The van der Waals surface area contributed by atoms with Crippen LogP contribution < -0.4 is 5.32 Å². The number of carboxylic acid groups (broad SMARTS) is 2. The number of carboxylic acids is 2.